The second-order valence-corrected chi connectivity index (χ2v) is 9.07. The summed E-state index contributed by atoms with van der Waals surface area (Å²) in [5.41, 5.74) is 1.41. The van der Waals surface area contributed by atoms with Gasteiger partial charge in [-0.15, -0.1) is 0 Å². The van der Waals surface area contributed by atoms with Gasteiger partial charge < -0.3 is 19.9 Å². The number of nitrogens with one attached hydrogen (secondary N) is 1. The van der Waals surface area contributed by atoms with Crippen LogP contribution in [0.4, 0.5) is 5.69 Å². The lowest BCUT2D eigenvalue weighted by Gasteiger charge is -2.32. The number of piperazine rings is 1. The molecule has 0 bridgehead atoms. The Morgan fingerprint density at radius 3 is 2.61 bits per heavy atom. The minimum atomic E-state index is -0.567. The van der Waals surface area contributed by atoms with Crippen LogP contribution in [0.25, 0.3) is 0 Å². The fourth-order valence-corrected chi connectivity index (χ4v) is 4.84. The van der Waals surface area contributed by atoms with Gasteiger partial charge in [-0.3, -0.25) is 29.6 Å². The molecule has 36 heavy (non-hydrogen) atoms. The van der Waals surface area contributed by atoms with Gasteiger partial charge in [0.25, 0.3) is 11.6 Å². The van der Waals surface area contributed by atoms with Crippen LogP contribution >= 0.6 is 0 Å². The minimum Gasteiger partial charge on any atom is -0.383 e. The number of carbonyl (C=O) groups excluding carboxylic acids is 2. The van der Waals surface area contributed by atoms with Crippen molar-refractivity contribution in [3.8, 4) is 0 Å². The number of hydrogen-bond donors (Lipinski definition) is 1. The van der Waals surface area contributed by atoms with Crippen molar-refractivity contribution in [3.05, 3.63) is 70.0 Å². The van der Waals surface area contributed by atoms with E-state index >= 15 is 0 Å². The number of likely N-dealkylation sites (tertiary alicyclic amines) is 1. The van der Waals surface area contributed by atoms with Gasteiger partial charge in [-0.1, -0.05) is 12.1 Å². The molecule has 2 fully saturated rings. The molecule has 0 radical (unpaired) electrons. The van der Waals surface area contributed by atoms with E-state index in [0.29, 0.717) is 51.3 Å². The van der Waals surface area contributed by atoms with Crippen LogP contribution < -0.4 is 5.32 Å². The summed E-state index contributed by atoms with van der Waals surface area (Å²) in [7, 11) is 1.63. The van der Waals surface area contributed by atoms with E-state index in [0.717, 1.165) is 18.7 Å². The number of nitro groups is 1. The number of hydrogen-bond acceptors (Lipinski definition) is 8. The molecule has 2 aliphatic heterocycles. The molecule has 11 nitrogen and oxygen atoms in total. The number of amides is 2. The monoisotopic (exact) mass is 496 g/mol. The van der Waals surface area contributed by atoms with E-state index in [4.69, 9.17) is 4.74 Å². The highest BCUT2D eigenvalue weighted by Gasteiger charge is 2.43. The van der Waals surface area contributed by atoms with Crippen molar-refractivity contribution in [1.82, 2.24) is 25.0 Å². The number of carbonyl (C=O) groups is 2. The molecule has 2 aliphatic rings. The number of aromatic nitrogens is 1. The molecule has 2 saturated heterocycles. The van der Waals surface area contributed by atoms with Gasteiger partial charge in [0.15, 0.2) is 0 Å². The summed E-state index contributed by atoms with van der Waals surface area (Å²) in [5.74, 6) is -0.237. The zero-order valence-electron chi connectivity index (χ0n) is 20.4. The Kier molecular flexibility index (Phi) is 8.57. The Morgan fingerprint density at radius 1 is 1.22 bits per heavy atom. The molecule has 3 heterocycles. The Bertz CT molecular complexity index is 1040. The first kappa shape index (κ1) is 25.7. The number of nitrogens with zero attached hydrogens (tertiary/aromatic N) is 5. The molecule has 11 heteroatoms. The molecule has 2 atom stereocenters. The SMILES string of the molecule is COCCN(Cc1ccc([N+](=O)[O-])cc1)C1CC(C(=O)N2CCNCC2)N(C(=O)c2cccnc2)C1. The molecule has 192 valence electrons. The molecule has 4 rings (SSSR count). The van der Waals surface area contributed by atoms with E-state index < -0.39 is 11.0 Å². The number of ether oxygens (including phenoxy) is 1. The molecular formula is C25H32N6O5. The number of methoxy groups -OCH3 is 1. The van der Waals surface area contributed by atoms with E-state index in [1.165, 1.54) is 18.3 Å². The zero-order valence-corrected chi connectivity index (χ0v) is 20.4. The lowest BCUT2D eigenvalue weighted by atomic mass is 10.1. The summed E-state index contributed by atoms with van der Waals surface area (Å²) in [4.78, 5) is 47.5. The second kappa shape index (κ2) is 12.0. The largest absolute Gasteiger partial charge is 0.383 e. The van der Waals surface area contributed by atoms with Crippen LogP contribution in [-0.4, -0.2) is 101 Å². The summed E-state index contributed by atoms with van der Waals surface area (Å²) in [6, 6.07) is 9.27. The van der Waals surface area contributed by atoms with Crippen molar-refractivity contribution in [2.75, 3.05) is 53.0 Å². The molecule has 2 amide bonds. The number of non-ortho nitro benzene ring substituents is 1. The average Bonchev–Trinajstić information content (AvgIpc) is 3.36. The average molecular weight is 497 g/mol. The van der Waals surface area contributed by atoms with E-state index in [2.05, 4.69) is 15.2 Å². The predicted molar refractivity (Wildman–Crippen MR) is 132 cm³/mol. The quantitative estimate of drug-likeness (QED) is 0.406. The van der Waals surface area contributed by atoms with Crippen LogP contribution in [0.1, 0.15) is 22.3 Å². The Labute approximate surface area is 210 Å². The van der Waals surface area contributed by atoms with Gasteiger partial charge >= 0.3 is 0 Å². The molecule has 1 aromatic heterocycles. The first-order valence-corrected chi connectivity index (χ1v) is 12.1. The smallest absolute Gasteiger partial charge is 0.269 e. The highest BCUT2D eigenvalue weighted by atomic mass is 16.6. The van der Waals surface area contributed by atoms with Gasteiger partial charge in [0.05, 0.1) is 17.1 Å². The lowest BCUT2D eigenvalue weighted by Crippen LogP contribution is -2.53. The van der Waals surface area contributed by atoms with Crippen molar-refractivity contribution in [3.63, 3.8) is 0 Å². The van der Waals surface area contributed by atoms with E-state index in [1.807, 2.05) is 4.90 Å². The Balaban J connectivity index is 1.57. The Morgan fingerprint density at radius 2 is 1.97 bits per heavy atom. The van der Waals surface area contributed by atoms with Crippen LogP contribution in [0, 0.1) is 10.1 Å². The van der Waals surface area contributed by atoms with Gasteiger partial charge in [0, 0.05) is 83.5 Å². The Hall–Kier alpha value is -3.41. The summed E-state index contributed by atoms with van der Waals surface area (Å²) in [6.45, 7) is 4.70. The third-order valence-electron chi connectivity index (χ3n) is 6.79. The second-order valence-electron chi connectivity index (χ2n) is 9.07. The number of benzene rings is 1. The van der Waals surface area contributed by atoms with Crippen molar-refractivity contribution < 1.29 is 19.2 Å². The van der Waals surface area contributed by atoms with Gasteiger partial charge in [-0.25, -0.2) is 0 Å². The predicted octanol–water partition coefficient (Wildman–Crippen LogP) is 1.15. The molecule has 0 aliphatic carbocycles. The third-order valence-corrected chi connectivity index (χ3v) is 6.79. The number of pyridine rings is 1. The molecule has 2 aromatic rings. The van der Waals surface area contributed by atoms with Crippen LogP contribution in [0.15, 0.2) is 48.8 Å². The first-order valence-electron chi connectivity index (χ1n) is 12.1. The van der Waals surface area contributed by atoms with Crippen LogP contribution in [0.2, 0.25) is 0 Å². The van der Waals surface area contributed by atoms with Gasteiger partial charge in [-0.2, -0.15) is 0 Å². The maximum Gasteiger partial charge on any atom is 0.269 e. The maximum absolute atomic E-state index is 13.6. The fourth-order valence-electron chi connectivity index (χ4n) is 4.84. The van der Waals surface area contributed by atoms with Gasteiger partial charge in [0.2, 0.25) is 5.91 Å². The molecule has 1 N–H and O–H groups in total. The normalized spacial score (nSPS) is 20.1. The van der Waals surface area contributed by atoms with Crippen LogP contribution in [0.5, 0.6) is 0 Å². The highest BCUT2D eigenvalue weighted by Crippen LogP contribution is 2.27. The van der Waals surface area contributed by atoms with E-state index in [-0.39, 0.29) is 23.5 Å². The summed E-state index contributed by atoms with van der Waals surface area (Å²) in [6.07, 6.45) is 3.65. The minimum absolute atomic E-state index is 0.0294. The first-order chi connectivity index (χ1) is 17.5. The van der Waals surface area contributed by atoms with Gasteiger partial charge in [-0.05, 0) is 24.1 Å². The van der Waals surface area contributed by atoms with Crippen molar-refractivity contribution in [2.24, 2.45) is 0 Å². The molecule has 2 unspecified atom stereocenters. The maximum atomic E-state index is 13.6. The third kappa shape index (κ3) is 6.04. The molecule has 1 aromatic carbocycles. The molecular weight excluding hydrogens is 464 g/mol. The topological polar surface area (TPSA) is 121 Å². The highest BCUT2D eigenvalue weighted by molar-refractivity contribution is 5.97. The summed E-state index contributed by atoms with van der Waals surface area (Å²) in [5, 5.41) is 14.3. The standard InChI is InChI=1S/C25H32N6O5/c1-36-14-13-29(17-19-4-6-21(7-5-19)31(34)35)22-15-23(25(33)28-11-9-26-10-12-28)30(18-22)24(32)20-3-2-8-27-16-20/h2-8,16,22-23,26H,9-15,17-18H2,1H3. The fraction of sp³-hybridized carbons (Fsp3) is 0.480. The molecule has 0 spiro atoms. The summed E-state index contributed by atoms with van der Waals surface area (Å²) >= 11 is 0. The van der Waals surface area contributed by atoms with E-state index in [9.17, 15) is 19.7 Å². The van der Waals surface area contributed by atoms with Crippen molar-refractivity contribution in [1.29, 1.82) is 0 Å². The van der Waals surface area contributed by atoms with Crippen LogP contribution in [-0.2, 0) is 16.1 Å². The van der Waals surface area contributed by atoms with E-state index in [1.54, 1.807) is 42.5 Å². The van der Waals surface area contributed by atoms with Crippen molar-refractivity contribution in [2.45, 2.75) is 25.0 Å². The molecule has 0 saturated carbocycles. The number of nitro benzene ring substituents is 1. The zero-order chi connectivity index (χ0) is 25.5. The van der Waals surface area contributed by atoms with Gasteiger partial charge in [0.1, 0.15) is 6.04 Å². The number of rotatable bonds is 9. The lowest BCUT2D eigenvalue weighted by molar-refractivity contribution is -0.384. The van der Waals surface area contributed by atoms with Crippen molar-refractivity contribution >= 4 is 17.5 Å². The summed E-state index contributed by atoms with van der Waals surface area (Å²) < 4.78 is 5.33. The van der Waals surface area contributed by atoms with Crippen LogP contribution in [0.3, 0.4) is 0 Å².